The third kappa shape index (κ3) is 3.85. The van der Waals surface area contributed by atoms with E-state index in [4.69, 9.17) is 10.00 Å². The Hall–Kier alpha value is -2.88. The summed E-state index contributed by atoms with van der Waals surface area (Å²) in [5.74, 6) is -0.420. The predicted octanol–water partition coefficient (Wildman–Crippen LogP) is 2.09. The molecular weight excluding hydrogens is 334 g/mol. The van der Waals surface area contributed by atoms with Crippen LogP contribution < -0.4 is 10.1 Å². The summed E-state index contributed by atoms with van der Waals surface area (Å²) in [5.41, 5.74) is 0.540. The van der Waals surface area contributed by atoms with E-state index < -0.39 is 0 Å². The molecule has 1 aromatic rings. The molecule has 1 aliphatic heterocycles. The minimum absolute atomic E-state index is 0.0558. The average Bonchev–Trinajstić information content (AvgIpc) is 2.89. The number of hydrogen-bond donors (Lipinski definition) is 1. The highest BCUT2D eigenvalue weighted by molar-refractivity contribution is 6.05. The van der Waals surface area contributed by atoms with Gasteiger partial charge in [-0.25, -0.2) is 0 Å². The normalized spacial score (nSPS) is 21.9. The first-order valence-corrected chi connectivity index (χ1v) is 8.85. The summed E-state index contributed by atoms with van der Waals surface area (Å²) in [6.07, 6.45) is 3.57. The van der Waals surface area contributed by atoms with Crippen LogP contribution >= 0.6 is 0 Å². The van der Waals surface area contributed by atoms with Crippen LogP contribution in [-0.4, -0.2) is 35.8 Å². The number of anilines is 1. The van der Waals surface area contributed by atoms with Crippen molar-refractivity contribution in [2.24, 2.45) is 11.8 Å². The molecule has 1 aromatic carbocycles. The number of rotatable bonds is 6. The second-order valence-electron chi connectivity index (χ2n) is 6.60. The van der Waals surface area contributed by atoms with Gasteiger partial charge in [-0.05, 0) is 25.0 Å². The monoisotopic (exact) mass is 355 g/mol. The SMILES string of the molecule is N#CCOc1cccc(NC(=O)CCN2C(=O)C3CCCCC3C2=O)c1. The number of imide groups is 1. The molecule has 3 amide bonds. The van der Waals surface area contributed by atoms with Gasteiger partial charge in [0, 0.05) is 24.7 Å². The van der Waals surface area contributed by atoms with E-state index >= 15 is 0 Å². The summed E-state index contributed by atoms with van der Waals surface area (Å²) in [6.45, 7) is 0.0417. The minimum atomic E-state index is -0.280. The molecular formula is C19H21N3O4. The van der Waals surface area contributed by atoms with Crippen molar-refractivity contribution < 1.29 is 19.1 Å². The van der Waals surface area contributed by atoms with Gasteiger partial charge in [-0.2, -0.15) is 5.26 Å². The van der Waals surface area contributed by atoms with Gasteiger partial charge in [0.1, 0.15) is 11.8 Å². The molecule has 1 N–H and O–H groups in total. The van der Waals surface area contributed by atoms with Crippen molar-refractivity contribution in [3.8, 4) is 11.8 Å². The zero-order chi connectivity index (χ0) is 18.5. The molecule has 2 aliphatic rings. The maximum atomic E-state index is 12.4. The Bertz CT molecular complexity index is 731. The van der Waals surface area contributed by atoms with Crippen LogP contribution in [0, 0.1) is 23.2 Å². The second kappa shape index (κ2) is 8.00. The number of nitrogens with one attached hydrogen (secondary N) is 1. The molecule has 1 aliphatic carbocycles. The molecule has 0 spiro atoms. The quantitative estimate of drug-likeness (QED) is 0.788. The molecule has 1 saturated carbocycles. The maximum absolute atomic E-state index is 12.4. The average molecular weight is 355 g/mol. The van der Waals surface area contributed by atoms with E-state index in [0.717, 1.165) is 25.7 Å². The van der Waals surface area contributed by atoms with E-state index in [-0.39, 0.29) is 49.1 Å². The maximum Gasteiger partial charge on any atom is 0.233 e. The Morgan fingerprint density at radius 2 is 1.92 bits per heavy atom. The van der Waals surface area contributed by atoms with Crippen molar-refractivity contribution in [3.63, 3.8) is 0 Å². The minimum Gasteiger partial charge on any atom is -0.479 e. The summed E-state index contributed by atoms with van der Waals surface area (Å²) in [7, 11) is 0. The van der Waals surface area contributed by atoms with Crippen molar-refractivity contribution in [1.29, 1.82) is 5.26 Å². The Balaban J connectivity index is 1.54. The lowest BCUT2D eigenvalue weighted by molar-refractivity contribution is -0.140. The molecule has 0 aromatic heterocycles. The number of benzene rings is 1. The molecule has 7 nitrogen and oxygen atoms in total. The van der Waals surface area contributed by atoms with Gasteiger partial charge < -0.3 is 10.1 Å². The van der Waals surface area contributed by atoms with Crippen molar-refractivity contribution in [2.45, 2.75) is 32.1 Å². The molecule has 3 rings (SSSR count). The zero-order valence-electron chi connectivity index (χ0n) is 14.4. The van der Waals surface area contributed by atoms with Gasteiger partial charge in [-0.15, -0.1) is 0 Å². The molecule has 1 saturated heterocycles. The number of likely N-dealkylation sites (tertiary alicyclic amines) is 1. The van der Waals surface area contributed by atoms with Crippen LogP contribution in [0.15, 0.2) is 24.3 Å². The lowest BCUT2D eigenvalue weighted by Gasteiger charge is -2.19. The Kier molecular flexibility index (Phi) is 5.52. The highest BCUT2D eigenvalue weighted by Crippen LogP contribution is 2.37. The van der Waals surface area contributed by atoms with E-state index in [2.05, 4.69) is 5.32 Å². The fraction of sp³-hybridized carbons (Fsp3) is 0.474. The first kappa shape index (κ1) is 17.9. The first-order chi connectivity index (χ1) is 12.6. The number of carbonyl (C=O) groups is 3. The third-order valence-electron chi connectivity index (χ3n) is 4.92. The lowest BCUT2D eigenvalue weighted by atomic mass is 9.81. The van der Waals surface area contributed by atoms with E-state index in [9.17, 15) is 14.4 Å². The van der Waals surface area contributed by atoms with Gasteiger partial charge >= 0.3 is 0 Å². The van der Waals surface area contributed by atoms with Gasteiger partial charge in [0.25, 0.3) is 0 Å². The number of nitriles is 1. The second-order valence-corrected chi connectivity index (χ2v) is 6.60. The van der Waals surface area contributed by atoms with Crippen molar-refractivity contribution >= 4 is 23.4 Å². The molecule has 2 fully saturated rings. The van der Waals surface area contributed by atoms with Crippen molar-refractivity contribution in [2.75, 3.05) is 18.5 Å². The fourth-order valence-electron chi connectivity index (χ4n) is 3.67. The topological polar surface area (TPSA) is 99.5 Å². The molecule has 7 heteroatoms. The summed E-state index contributed by atoms with van der Waals surface area (Å²) in [4.78, 5) is 38.2. The van der Waals surface area contributed by atoms with E-state index in [0.29, 0.717) is 11.4 Å². The molecule has 2 unspecified atom stereocenters. The Morgan fingerprint density at radius 3 is 2.58 bits per heavy atom. The van der Waals surface area contributed by atoms with Crippen molar-refractivity contribution in [3.05, 3.63) is 24.3 Å². The van der Waals surface area contributed by atoms with E-state index in [1.54, 1.807) is 24.3 Å². The smallest absolute Gasteiger partial charge is 0.233 e. The van der Waals surface area contributed by atoms with Crippen molar-refractivity contribution in [1.82, 2.24) is 4.90 Å². The summed E-state index contributed by atoms with van der Waals surface area (Å²) in [5, 5.41) is 11.3. The summed E-state index contributed by atoms with van der Waals surface area (Å²) >= 11 is 0. The molecule has 136 valence electrons. The summed E-state index contributed by atoms with van der Waals surface area (Å²) in [6, 6.07) is 8.61. The largest absolute Gasteiger partial charge is 0.479 e. The highest BCUT2D eigenvalue weighted by atomic mass is 16.5. The van der Waals surface area contributed by atoms with Crippen LogP contribution in [0.1, 0.15) is 32.1 Å². The highest BCUT2D eigenvalue weighted by Gasteiger charge is 2.47. The van der Waals surface area contributed by atoms with Crippen LogP contribution in [0.2, 0.25) is 0 Å². The number of amides is 3. The van der Waals surface area contributed by atoms with Gasteiger partial charge in [-0.1, -0.05) is 18.9 Å². The predicted molar refractivity (Wildman–Crippen MR) is 93.0 cm³/mol. The number of nitrogens with zero attached hydrogens (tertiary/aromatic N) is 2. The van der Waals surface area contributed by atoms with Gasteiger partial charge in [0.15, 0.2) is 6.61 Å². The van der Waals surface area contributed by atoms with Crippen LogP contribution in [0.4, 0.5) is 5.69 Å². The molecule has 0 bridgehead atoms. The zero-order valence-corrected chi connectivity index (χ0v) is 14.4. The van der Waals surface area contributed by atoms with Gasteiger partial charge in [-0.3, -0.25) is 19.3 Å². The summed E-state index contributed by atoms with van der Waals surface area (Å²) < 4.78 is 5.19. The number of carbonyl (C=O) groups excluding carboxylic acids is 3. The molecule has 0 radical (unpaired) electrons. The van der Waals surface area contributed by atoms with Crippen LogP contribution in [0.25, 0.3) is 0 Å². The lowest BCUT2D eigenvalue weighted by Crippen LogP contribution is -2.34. The van der Waals surface area contributed by atoms with E-state index in [1.807, 2.05) is 6.07 Å². The number of fused-ring (bicyclic) bond motifs is 1. The molecule has 26 heavy (non-hydrogen) atoms. The number of hydrogen-bond acceptors (Lipinski definition) is 5. The Labute approximate surface area is 151 Å². The van der Waals surface area contributed by atoms with Gasteiger partial charge in [0.2, 0.25) is 17.7 Å². The van der Waals surface area contributed by atoms with E-state index in [1.165, 1.54) is 4.90 Å². The fourth-order valence-corrected chi connectivity index (χ4v) is 3.67. The first-order valence-electron chi connectivity index (χ1n) is 8.85. The third-order valence-corrected chi connectivity index (χ3v) is 4.92. The standard InChI is InChI=1S/C19H21N3O4/c20-9-11-26-14-5-3-4-13(12-14)21-17(23)8-10-22-18(24)15-6-1-2-7-16(15)19(22)25/h3-5,12,15-16H,1-2,6-8,10-11H2,(H,21,23). The van der Waals surface area contributed by atoms with Crippen LogP contribution in [0.5, 0.6) is 5.75 Å². The van der Waals surface area contributed by atoms with Crippen LogP contribution in [-0.2, 0) is 14.4 Å². The van der Waals surface area contributed by atoms with Gasteiger partial charge in [0.05, 0.1) is 11.8 Å². The number of ether oxygens (including phenoxy) is 1. The Morgan fingerprint density at radius 1 is 1.23 bits per heavy atom. The van der Waals surface area contributed by atoms with Crippen LogP contribution in [0.3, 0.4) is 0 Å². The molecule has 1 heterocycles. The molecule has 2 atom stereocenters.